The lowest BCUT2D eigenvalue weighted by Gasteiger charge is -2.28. The number of nitrogens with one attached hydrogen (secondary N) is 1. The largest absolute Gasteiger partial charge is 0.496 e. The van der Waals surface area contributed by atoms with Gasteiger partial charge in [-0.2, -0.15) is 0 Å². The number of hydrogen-bond donors (Lipinski definition) is 1. The quantitative estimate of drug-likeness (QED) is 0.0230. The number of nitrogens with zero attached hydrogens (tertiary/aromatic N) is 4. The maximum absolute atomic E-state index is 13.3. The van der Waals surface area contributed by atoms with E-state index in [1.165, 1.54) is 0 Å². The SMILES string of the molecule is CCN(CCCC(=O)NCCCCC(C(=O)OCOC(C)=O)N(CC(=O)OCOC(C)=O)CC(=O)OCOC(C)=O)c1cc(OC)c(-c2c3ccc(=[N+](C)C)cc-3oc3cc(N(C)C)ccc23)cc1C. The van der Waals surface area contributed by atoms with E-state index in [1.54, 1.807) is 7.11 Å². The van der Waals surface area contributed by atoms with Crippen LogP contribution in [0.5, 0.6) is 5.75 Å². The second-order valence-electron chi connectivity index (χ2n) is 16.7. The summed E-state index contributed by atoms with van der Waals surface area (Å²) in [7, 11) is 9.64. The molecule has 1 aliphatic heterocycles. The molecule has 1 unspecified atom stereocenters. The predicted octanol–water partition coefficient (Wildman–Crippen LogP) is 4.37. The number of esters is 6. The predicted molar refractivity (Wildman–Crippen MR) is 259 cm³/mol. The number of unbranched alkanes of at least 4 members (excludes halogenated alkanes) is 1. The molecule has 1 atom stereocenters. The summed E-state index contributed by atoms with van der Waals surface area (Å²) in [6, 6.07) is 15.3. The van der Waals surface area contributed by atoms with Gasteiger partial charge in [0.25, 0.3) is 0 Å². The van der Waals surface area contributed by atoms with Gasteiger partial charge in [0.15, 0.2) is 0 Å². The zero-order valence-electron chi connectivity index (χ0n) is 41.8. The van der Waals surface area contributed by atoms with Crippen LogP contribution in [0, 0.1) is 6.92 Å². The van der Waals surface area contributed by atoms with Crippen LogP contribution in [-0.2, 0) is 62.0 Å². The van der Waals surface area contributed by atoms with Crippen LogP contribution in [0.3, 0.4) is 0 Å². The Morgan fingerprint density at radius 1 is 0.743 bits per heavy atom. The number of hydrogen-bond acceptors (Lipinski definition) is 18. The minimum Gasteiger partial charge on any atom is -0.496 e. The van der Waals surface area contributed by atoms with Gasteiger partial charge < -0.3 is 52.7 Å². The number of amides is 1. The maximum atomic E-state index is 13.3. The van der Waals surface area contributed by atoms with E-state index in [9.17, 15) is 33.6 Å². The summed E-state index contributed by atoms with van der Waals surface area (Å²) in [5, 5.41) is 4.88. The molecule has 0 fully saturated rings. The van der Waals surface area contributed by atoms with Gasteiger partial charge in [-0.05, 0) is 69.4 Å². The monoisotopic (exact) mass is 976 g/mol. The minimum absolute atomic E-state index is 0.0110. The number of methoxy groups -OCH3 is 1. The number of rotatable bonds is 26. The van der Waals surface area contributed by atoms with Crippen molar-refractivity contribution >= 4 is 64.1 Å². The van der Waals surface area contributed by atoms with E-state index in [4.69, 9.17) is 28.1 Å². The normalized spacial score (nSPS) is 11.4. The molecule has 4 rings (SSSR count). The number of carbonyl (C=O) groups is 7. The van der Waals surface area contributed by atoms with Gasteiger partial charge in [-0.15, -0.1) is 0 Å². The van der Waals surface area contributed by atoms with Crippen LogP contribution in [-0.4, -0.2) is 141 Å². The average molecular weight is 977 g/mol. The van der Waals surface area contributed by atoms with Crippen LogP contribution in [0.15, 0.2) is 52.9 Å². The fourth-order valence-electron chi connectivity index (χ4n) is 7.53. The second kappa shape index (κ2) is 27.1. The molecule has 1 heterocycles. The zero-order chi connectivity index (χ0) is 51.5. The number of benzene rings is 3. The van der Waals surface area contributed by atoms with Crippen LogP contribution >= 0.6 is 0 Å². The molecule has 2 aliphatic rings. The summed E-state index contributed by atoms with van der Waals surface area (Å²) in [5.41, 5.74) is 6.65. The molecule has 2 aromatic rings. The molecule has 20 nitrogen and oxygen atoms in total. The third kappa shape index (κ3) is 16.5. The Kier molecular flexibility index (Phi) is 21.4. The maximum Gasteiger partial charge on any atom is 0.326 e. The van der Waals surface area contributed by atoms with Crippen LogP contribution in [0.4, 0.5) is 11.4 Å². The second-order valence-corrected chi connectivity index (χ2v) is 16.7. The summed E-state index contributed by atoms with van der Waals surface area (Å²) < 4.78 is 43.7. The number of fused-ring (bicyclic) bond motifs is 2. The molecular formula is C50H66N5O15+. The van der Waals surface area contributed by atoms with Gasteiger partial charge in [-0.1, -0.05) is 0 Å². The molecular weight excluding hydrogens is 911 g/mol. The number of carbonyl (C=O) groups excluding carboxylic acids is 7. The van der Waals surface area contributed by atoms with Crippen LogP contribution in [0.1, 0.15) is 65.4 Å². The van der Waals surface area contributed by atoms with Crippen LogP contribution in [0.2, 0.25) is 0 Å². The molecule has 70 heavy (non-hydrogen) atoms. The van der Waals surface area contributed by atoms with Gasteiger partial charge >= 0.3 is 35.8 Å². The van der Waals surface area contributed by atoms with Crippen LogP contribution < -0.4 is 29.8 Å². The Bertz CT molecular complexity index is 2500. The molecule has 0 spiro atoms. The molecule has 2 aromatic carbocycles. The van der Waals surface area contributed by atoms with Gasteiger partial charge in [0.05, 0.1) is 26.3 Å². The van der Waals surface area contributed by atoms with Crippen molar-refractivity contribution in [1.82, 2.24) is 14.8 Å². The molecule has 0 bridgehead atoms. The van der Waals surface area contributed by atoms with Crippen molar-refractivity contribution in [3.05, 3.63) is 59.5 Å². The Hall–Kier alpha value is -7.22. The van der Waals surface area contributed by atoms with E-state index < -0.39 is 75.3 Å². The summed E-state index contributed by atoms with van der Waals surface area (Å²) in [4.78, 5) is 90.8. The van der Waals surface area contributed by atoms with Crippen molar-refractivity contribution < 1.29 is 71.1 Å². The molecule has 1 amide bonds. The lowest BCUT2D eigenvalue weighted by atomic mass is 9.91. The fourth-order valence-corrected chi connectivity index (χ4v) is 7.53. The van der Waals surface area contributed by atoms with E-state index in [0.29, 0.717) is 38.1 Å². The highest BCUT2D eigenvalue weighted by Gasteiger charge is 2.32. The minimum atomic E-state index is -1.28. The first kappa shape index (κ1) is 55.4. The average Bonchev–Trinajstić information content (AvgIpc) is 3.29. The molecule has 0 saturated heterocycles. The van der Waals surface area contributed by atoms with Gasteiger partial charge in [-0.3, -0.25) is 38.5 Å². The van der Waals surface area contributed by atoms with Gasteiger partial charge in [0.1, 0.15) is 37.2 Å². The smallest absolute Gasteiger partial charge is 0.326 e. The third-order valence-corrected chi connectivity index (χ3v) is 11.1. The Balaban J connectivity index is 1.43. The zero-order valence-corrected chi connectivity index (χ0v) is 41.8. The topological polar surface area (TPSA) is 222 Å². The van der Waals surface area contributed by atoms with E-state index in [2.05, 4.69) is 69.9 Å². The first-order valence-electron chi connectivity index (χ1n) is 22.8. The van der Waals surface area contributed by atoms with E-state index in [1.807, 2.05) is 49.8 Å². The molecule has 0 radical (unpaired) electrons. The van der Waals surface area contributed by atoms with Crippen LogP contribution in [0.25, 0.3) is 33.4 Å². The summed E-state index contributed by atoms with van der Waals surface area (Å²) in [6.45, 7) is 5.52. The third-order valence-electron chi connectivity index (χ3n) is 11.1. The number of anilines is 2. The molecule has 1 N–H and O–H groups in total. The summed E-state index contributed by atoms with van der Waals surface area (Å²) >= 11 is 0. The summed E-state index contributed by atoms with van der Waals surface area (Å²) in [5.74, 6) is -3.72. The Morgan fingerprint density at radius 2 is 1.37 bits per heavy atom. The number of aryl methyl sites for hydroxylation is 1. The number of ether oxygens (including phenoxy) is 7. The van der Waals surface area contributed by atoms with Gasteiger partial charge in [0.2, 0.25) is 31.6 Å². The molecule has 380 valence electrons. The Labute approximate surface area is 407 Å². The molecule has 1 aliphatic carbocycles. The van der Waals surface area contributed by atoms with Crippen molar-refractivity contribution in [3.8, 4) is 28.2 Å². The van der Waals surface area contributed by atoms with E-state index in [-0.39, 0.29) is 25.3 Å². The van der Waals surface area contributed by atoms with Gasteiger partial charge in [-0.25, -0.2) is 4.58 Å². The molecule has 0 saturated carbocycles. The first-order chi connectivity index (χ1) is 33.3. The van der Waals surface area contributed by atoms with Crippen molar-refractivity contribution in [2.24, 2.45) is 0 Å². The lowest BCUT2D eigenvalue weighted by Crippen LogP contribution is -2.48. The van der Waals surface area contributed by atoms with Crippen molar-refractivity contribution in [1.29, 1.82) is 0 Å². The highest BCUT2D eigenvalue weighted by molar-refractivity contribution is 6.04. The highest BCUT2D eigenvalue weighted by Crippen LogP contribution is 2.46. The highest BCUT2D eigenvalue weighted by atomic mass is 16.7. The van der Waals surface area contributed by atoms with Crippen molar-refractivity contribution in [3.63, 3.8) is 0 Å². The molecule has 0 aromatic heterocycles. The van der Waals surface area contributed by atoms with Crippen molar-refractivity contribution in [2.75, 3.05) is 98.2 Å². The van der Waals surface area contributed by atoms with E-state index >= 15 is 0 Å². The first-order valence-corrected chi connectivity index (χ1v) is 22.8. The lowest BCUT2D eigenvalue weighted by molar-refractivity contribution is -0.172. The van der Waals surface area contributed by atoms with Crippen molar-refractivity contribution in [2.45, 2.75) is 72.8 Å². The van der Waals surface area contributed by atoms with Gasteiger partial charge in [0, 0.05) is 113 Å². The fraction of sp³-hybridized carbons (Fsp3) is 0.480. The summed E-state index contributed by atoms with van der Waals surface area (Å²) in [6.07, 6.45) is 1.49. The Morgan fingerprint density at radius 3 is 1.94 bits per heavy atom. The standard InChI is InChI=1S/C50H65N5O15/c1-11-54(42-26-43(63-10)40(23-32(42)2)49-38-19-17-36(52(6)7)24-44(38)70-45-25-37(53(8)9)18-20-39(45)49)22-14-16-46(59)51-21-13-12-15-41(50(62)69-31-66-35(5)58)55(27-47(60)67-29-64-33(3)56)28-48(61)68-30-65-34(4)57/h17-20,23-26,41H,11-16,21-22,27-31H2,1-10H3/p+1. The van der Waals surface area contributed by atoms with E-state index in [0.717, 1.165) is 81.4 Å². The molecule has 20 heteroatoms.